The van der Waals surface area contributed by atoms with Crippen LogP contribution in [0.5, 0.6) is 0 Å². The fourth-order valence-electron chi connectivity index (χ4n) is 1.98. The number of carbonyl (C=O) groups is 4. The third kappa shape index (κ3) is 7.15. The summed E-state index contributed by atoms with van der Waals surface area (Å²) in [6.45, 7) is 4.99. The highest BCUT2D eigenvalue weighted by atomic mass is 16.7. The third-order valence-electron chi connectivity index (χ3n) is 3.48. The van der Waals surface area contributed by atoms with Crippen molar-refractivity contribution in [2.45, 2.75) is 40.0 Å². The smallest absolute Gasteiger partial charge is 0.337 e. The van der Waals surface area contributed by atoms with Gasteiger partial charge in [0.1, 0.15) is 6.29 Å². The molecule has 0 fully saturated rings. The Morgan fingerprint density at radius 3 is 2.52 bits per heavy atom. The number of carbonyl (C=O) groups excluding carboxylic acids is 3. The van der Waals surface area contributed by atoms with Gasteiger partial charge >= 0.3 is 11.9 Å². The summed E-state index contributed by atoms with van der Waals surface area (Å²) in [7, 11) is 0. The SMILES string of the molecule is CC(C)(C)C(=O)ONC(=O)CCC(C=O)Cc1cccc(C(=O)O)c1. The van der Waals surface area contributed by atoms with E-state index in [2.05, 4.69) is 5.48 Å². The van der Waals surface area contributed by atoms with Crippen molar-refractivity contribution in [3.8, 4) is 0 Å². The van der Waals surface area contributed by atoms with Crippen LogP contribution in [0.15, 0.2) is 24.3 Å². The highest BCUT2D eigenvalue weighted by Crippen LogP contribution is 2.16. The first kappa shape index (κ1) is 20.3. The predicted molar refractivity (Wildman–Crippen MR) is 89.6 cm³/mol. The van der Waals surface area contributed by atoms with E-state index in [1.54, 1.807) is 32.9 Å². The Balaban J connectivity index is 2.50. The van der Waals surface area contributed by atoms with Crippen molar-refractivity contribution in [3.63, 3.8) is 0 Å². The van der Waals surface area contributed by atoms with E-state index in [0.29, 0.717) is 12.0 Å². The summed E-state index contributed by atoms with van der Waals surface area (Å²) in [6.07, 6.45) is 1.35. The molecular weight excluding hydrogens is 326 g/mol. The van der Waals surface area contributed by atoms with Crippen molar-refractivity contribution in [1.82, 2.24) is 5.48 Å². The number of hydroxylamine groups is 1. The zero-order chi connectivity index (χ0) is 19.0. The Hall–Kier alpha value is -2.70. The first-order valence-corrected chi connectivity index (χ1v) is 7.91. The highest BCUT2D eigenvalue weighted by Gasteiger charge is 2.24. The van der Waals surface area contributed by atoms with Gasteiger partial charge in [0.15, 0.2) is 0 Å². The van der Waals surface area contributed by atoms with Gasteiger partial charge in [-0.3, -0.25) is 4.79 Å². The molecule has 7 heteroatoms. The molecule has 0 saturated carbocycles. The van der Waals surface area contributed by atoms with Gasteiger partial charge in [0.05, 0.1) is 11.0 Å². The maximum atomic E-state index is 11.7. The topological polar surface area (TPSA) is 110 Å². The molecule has 0 heterocycles. The molecular formula is C18H23NO6. The second kappa shape index (κ2) is 8.96. The second-order valence-electron chi connectivity index (χ2n) is 6.81. The standard InChI is InChI=1S/C18H23NO6/c1-18(2,3)17(24)25-19-15(21)8-7-13(11-20)9-12-5-4-6-14(10-12)16(22)23/h4-6,10-11,13H,7-9H2,1-3H3,(H,19,21)(H,22,23). The molecule has 0 aliphatic carbocycles. The molecule has 0 radical (unpaired) electrons. The molecule has 0 aliphatic rings. The summed E-state index contributed by atoms with van der Waals surface area (Å²) in [5.41, 5.74) is 2.20. The van der Waals surface area contributed by atoms with Crippen LogP contribution in [-0.2, 0) is 25.6 Å². The van der Waals surface area contributed by atoms with E-state index < -0.39 is 29.2 Å². The number of aromatic carboxylic acids is 1. The summed E-state index contributed by atoms with van der Waals surface area (Å²) >= 11 is 0. The van der Waals surface area contributed by atoms with E-state index in [4.69, 9.17) is 9.94 Å². The van der Waals surface area contributed by atoms with Gasteiger partial charge < -0.3 is 14.7 Å². The minimum absolute atomic E-state index is 0.0133. The largest absolute Gasteiger partial charge is 0.478 e. The molecule has 1 aromatic carbocycles. The van der Waals surface area contributed by atoms with E-state index in [-0.39, 0.29) is 18.4 Å². The second-order valence-corrected chi connectivity index (χ2v) is 6.81. The maximum Gasteiger partial charge on any atom is 0.337 e. The number of benzene rings is 1. The van der Waals surface area contributed by atoms with Gasteiger partial charge in [-0.25, -0.2) is 9.59 Å². The van der Waals surface area contributed by atoms with Crippen LogP contribution in [0.2, 0.25) is 0 Å². The number of carboxylic acids is 1. The van der Waals surface area contributed by atoms with Crippen LogP contribution in [0.3, 0.4) is 0 Å². The van der Waals surface area contributed by atoms with Crippen LogP contribution < -0.4 is 5.48 Å². The normalized spacial score (nSPS) is 12.1. The van der Waals surface area contributed by atoms with Crippen LogP contribution in [0.4, 0.5) is 0 Å². The first-order chi connectivity index (χ1) is 11.6. The van der Waals surface area contributed by atoms with Crippen molar-refractivity contribution >= 4 is 24.1 Å². The summed E-state index contributed by atoms with van der Waals surface area (Å²) in [5.74, 6) is -2.53. The average Bonchev–Trinajstić information content (AvgIpc) is 2.55. The van der Waals surface area contributed by atoms with E-state index in [9.17, 15) is 19.2 Å². The van der Waals surface area contributed by atoms with Gasteiger partial charge in [0.25, 0.3) is 5.91 Å². The van der Waals surface area contributed by atoms with Crippen LogP contribution in [0.25, 0.3) is 0 Å². The maximum absolute atomic E-state index is 11.7. The summed E-state index contributed by atoms with van der Waals surface area (Å²) < 4.78 is 0. The van der Waals surface area contributed by atoms with Gasteiger partial charge in [-0.15, -0.1) is 0 Å². The Morgan fingerprint density at radius 1 is 1.28 bits per heavy atom. The lowest BCUT2D eigenvalue weighted by Crippen LogP contribution is -2.33. The number of hydrogen-bond acceptors (Lipinski definition) is 5. The van der Waals surface area contributed by atoms with Gasteiger partial charge in [-0.1, -0.05) is 12.1 Å². The number of aldehydes is 1. The zero-order valence-electron chi connectivity index (χ0n) is 14.6. The van der Waals surface area contributed by atoms with Crippen molar-refractivity contribution in [1.29, 1.82) is 0 Å². The highest BCUT2D eigenvalue weighted by molar-refractivity contribution is 5.87. The number of hydrogen-bond donors (Lipinski definition) is 2. The molecule has 1 rings (SSSR count). The Bertz CT molecular complexity index is 647. The van der Waals surface area contributed by atoms with Gasteiger partial charge in [0.2, 0.25) is 0 Å². The molecule has 0 saturated heterocycles. The van der Waals surface area contributed by atoms with E-state index in [1.807, 2.05) is 0 Å². The third-order valence-corrected chi connectivity index (χ3v) is 3.48. The van der Waals surface area contributed by atoms with Crippen molar-refractivity contribution in [2.24, 2.45) is 11.3 Å². The Morgan fingerprint density at radius 2 is 1.96 bits per heavy atom. The summed E-state index contributed by atoms with van der Waals surface area (Å²) in [4.78, 5) is 50.1. The quantitative estimate of drug-likeness (QED) is 0.576. The summed E-state index contributed by atoms with van der Waals surface area (Å²) in [6, 6.07) is 6.32. The number of rotatable bonds is 7. The molecule has 7 nitrogen and oxygen atoms in total. The monoisotopic (exact) mass is 349 g/mol. The number of nitrogens with one attached hydrogen (secondary N) is 1. The zero-order valence-corrected chi connectivity index (χ0v) is 14.6. The minimum Gasteiger partial charge on any atom is -0.478 e. The molecule has 136 valence electrons. The first-order valence-electron chi connectivity index (χ1n) is 7.91. The summed E-state index contributed by atoms with van der Waals surface area (Å²) in [5, 5.41) is 8.97. The molecule has 25 heavy (non-hydrogen) atoms. The fourth-order valence-corrected chi connectivity index (χ4v) is 1.98. The molecule has 0 spiro atoms. The number of carboxylic acid groups (broad SMARTS) is 1. The fraction of sp³-hybridized carbons (Fsp3) is 0.444. The van der Waals surface area contributed by atoms with Crippen LogP contribution in [-0.4, -0.2) is 29.2 Å². The molecule has 1 amide bonds. The molecule has 1 aromatic rings. The van der Waals surface area contributed by atoms with E-state index in [1.165, 1.54) is 12.1 Å². The van der Waals surface area contributed by atoms with Crippen LogP contribution in [0, 0.1) is 11.3 Å². The van der Waals surface area contributed by atoms with E-state index >= 15 is 0 Å². The average molecular weight is 349 g/mol. The van der Waals surface area contributed by atoms with Gasteiger partial charge in [0, 0.05) is 12.3 Å². The van der Waals surface area contributed by atoms with Crippen LogP contribution in [0.1, 0.15) is 49.5 Å². The van der Waals surface area contributed by atoms with Crippen molar-refractivity contribution in [3.05, 3.63) is 35.4 Å². The predicted octanol–water partition coefficient (Wildman–Crippen LogP) is 2.14. The molecule has 1 unspecified atom stereocenters. The van der Waals surface area contributed by atoms with E-state index in [0.717, 1.165) is 6.29 Å². The Kier molecular flexibility index (Phi) is 7.29. The number of amides is 1. The molecule has 2 N–H and O–H groups in total. The van der Waals surface area contributed by atoms with Gasteiger partial charge in [-0.05, 0) is 51.3 Å². The lowest BCUT2D eigenvalue weighted by atomic mass is 9.95. The molecule has 0 aliphatic heterocycles. The minimum atomic E-state index is -1.04. The van der Waals surface area contributed by atoms with Crippen LogP contribution >= 0.6 is 0 Å². The van der Waals surface area contributed by atoms with Crippen molar-refractivity contribution < 1.29 is 29.1 Å². The molecule has 1 atom stereocenters. The molecule has 0 aromatic heterocycles. The lowest BCUT2D eigenvalue weighted by Gasteiger charge is -2.16. The molecule has 0 bridgehead atoms. The van der Waals surface area contributed by atoms with Crippen molar-refractivity contribution in [2.75, 3.05) is 0 Å². The Labute approximate surface area is 146 Å². The van der Waals surface area contributed by atoms with Gasteiger partial charge in [-0.2, -0.15) is 5.48 Å². The lowest BCUT2D eigenvalue weighted by molar-refractivity contribution is -0.166.